The Labute approximate surface area is 137 Å². The van der Waals surface area contributed by atoms with Crippen LogP contribution in [0.1, 0.15) is 21.5 Å². The Morgan fingerprint density at radius 1 is 1.25 bits per heavy atom. The van der Waals surface area contributed by atoms with Gasteiger partial charge in [0.05, 0.1) is 22.7 Å². The summed E-state index contributed by atoms with van der Waals surface area (Å²) < 4.78 is 5.40. The van der Waals surface area contributed by atoms with Crippen LogP contribution in [0.2, 0.25) is 0 Å². The van der Waals surface area contributed by atoms with Crippen LogP contribution in [-0.2, 0) is 0 Å². The van der Waals surface area contributed by atoms with E-state index < -0.39 is 5.91 Å². The number of benzene rings is 2. The molecule has 2 N–H and O–H groups in total. The van der Waals surface area contributed by atoms with E-state index in [0.29, 0.717) is 11.0 Å². The zero-order valence-corrected chi connectivity index (χ0v) is 12.8. The maximum Gasteiger partial charge on any atom is 0.275 e. The summed E-state index contributed by atoms with van der Waals surface area (Å²) in [6.45, 7) is 1.88. The molecule has 3 aromatic rings. The van der Waals surface area contributed by atoms with Gasteiger partial charge < -0.3 is 9.52 Å². The van der Waals surface area contributed by atoms with Gasteiger partial charge >= 0.3 is 0 Å². The summed E-state index contributed by atoms with van der Waals surface area (Å²) in [5, 5.41) is 13.8. The molecule has 0 saturated heterocycles. The van der Waals surface area contributed by atoms with Gasteiger partial charge in [0, 0.05) is 0 Å². The van der Waals surface area contributed by atoms with Gasteiger partial charge in [-0.05, 0) is 31.2 Å². The van der Waals surface area contributed by atoms with Crippen LogP contribution < -0.4 is 10.9 Å². The number of nitrogens with zero attached hydrogens (tertiary/aromatic N) is 1. The van der Waals surface area contributed by atoms with Crippen LogP contribution in [0.3, 0.4) is 0 Å². The highest BCUT2D eigenvalue weighted by Crippen LogP contribution is 2.15. The number of aryl methyl sites for hydroxylation is 1. The number of carbonyl (C=O) groups excluding carboxylic acids is 1. The van der Waals surface area contributed by atoms with Gasteiger partial charge in [-0.1, -0.05) is 23.8 Å². The third kappa shape index (κ3) is 3.03. The molecule has 6 heteroatoms. The smallest absolute Gasteiger partial charge is 0.275 e. The Kier molecular flexibility index (Phi) is 4.11. The molecule has 0 radical (unpaired) electrons. The predicted octanol–water partition coefficient (Wildman–Crippen LogP) is 2.57. The van der Waals surface area contributed by atoms with Gasteiger partial charge in [0.15, 0.2) is 0 Å². The number of hydrogen-bond donors (Lipinski definition) is 2. The average Bonchev–Trinajstić information content (AvgIpc) is 2.57. The molecule has 0 bridgehead atoms. The molecule has 0 atom stereocenters. The number of carbonyl (C=O) groups is 1. The number of amides is 1. The predicted molar refractivity (Wildman–Crippen MR) is 90.4 cm³/mol. The van der Waals surface area contributed by atoms with Crippen molar-refractivity contribution < 1.29 is 14.3 Å². The summed E-state index contributed by atoms with van der Waals surface area (Å²) >= 11 is 0. The lowest BCUT2D eigenvalue weighted by Gasteiger charge is -2.02. The van der Waals surface area contributed by atoms with Gasteiger partial charge in [-0.25, -0.2) is 5.43 Å². The van der Waals surface area contributed by atoms with Gasteiger partial charge in [0.2, 0.25) is 5.43 Å². The minimum atomic E-state index is -0.578. The summed E-state index contributed by atoms with van der Waals surface area (Å²) in [6.07, 6.45) is 2.50. The molecule has 0 fully saturated rings. The van der Waals surface area contributed by atoms with Crippen molar-refractivity contribution in [2.45, 2.75) is 6.92 Å². The monoisotopic (exact) mass is 322 g/mol. The van der Waals surface area contributed by atoms with Crippen LogP contribution in [-0.4, -0.2) is 17.2 Å². The first-order valence-corrected chi connectivity index (χ1v) is 7.20. The minimum absolute atomic E-state index is 0.0934. The Morgan fingerprint density at radius 2 is 2.04 bits per heavy atom. The maximum absolute atomic E-state index is 12.4. The van der Waals surface area contributed by atoms with Gasteiger partial charge in [-0.15, -0.1) is 0 Å². The molecule has 120 valence electrons. The molecule has 6 nitrogen and oxygen atoms in total. The van der Waals surface area contributed by atoms with E-state index in [0.717, 1.165) is 5.56 Å². The van der Waals surface area contributed by atoms with Crippen molar-refractivity contribution >= 4 is 23.1 Å². The molecule has 24 heavy (non-hydrogen) atoms. The molecule has 2 aromatic carbocycles. The Bertz CT molecular complexity index is 1010. The Balaban J connectivity index is 1.84. The zero-order valence-electron chi connectivity index (χ0n) is 12.8. The highest BCUT2D eigenvalue weighted by atomic mass is 16.3. The summed E-state index contributed by atoms with van der Waals surface area (Å²) in [7, 11) is 0. The number of fused-ring (bicyclic) bond motifs is 1. The van der Waals surface area contributed by atoms with Crippen LogP contribution in [0, 0.1) is 6.92 Å². The van der Waals surface area contributed by atoms with Gasteiger partial charge in [-0.2, -0.15) is 5.10 Å². The van der Waals surface area contributed by atoms with Crippen molar-refractivity contribution in [2.75, 3.05) is 0 Å². The van der Waals surface area contributed by atoms with Crippen LogP contribution in [0.4, 0.5) is 0 Å². The topological polar surface area (TPSA) is 91.9 Å². The molecule has 0 aliphatic heterocycles. The van der Waals surface area contributed by atoms with E-state index in [2.05, 4.69) is 10.5 Å². The highest BCUT2D eigenvalue weighted by molar-refractivity contribution is 5.97. The second-order valence-electron chi connectivity index (χ2n) is 5.24. The molecule has 0 aliphatic rings. The van der Waals surface area contributed by atoms with Crippen molar-refractivity contribution in [1.29, 1.82) is 0 Å². The van der Waals surface area contributed by atoms with Crippen LogP contribution in [0.5, 0.6) is 5.75 Å². The van der Waals surface area contributed by atoms with Crippen LogP contribution >= 0.6 is 0 Å². The molecular weight excluding hydrogens is 308 g/mol. The molecule has 1 aromatic heterocycles. The van der Waals surface area contributed by atoms with E-state index in [9.17, 15) is 14.7 Å². The molecule has 0 saturated carbocycles. The highest BCUT2D eigenvalue weighted by Gasteiger charge is 2.09. The van der Waals surface area contributed by atoms with E-state index in [1.54, 1.807) is 24.3 Å². The SMILES string of the molecule is Cc1ccc2occ(/C=N/NC(=O)c3ccccc3O)c(=O)c2c1. The lowest BCUT2D eigenvalue weighted by atomic mass is 10.1. The zero-order chi connectivity index (χ0) is 17.1. The normalized spacial score (nSPS) is 11.0. The summed E-state index contributed by atoms with van der Waals surface area (Å²) in [5.74, 6) is -0.726. The van der Waals surface area contributed by atoms with Crippen molar-refractivity contribution in [1.82, 2.24) is 5.43 Å². The number of phenols is 1. The Morgan fingerprint density at radius 3 is 2.83 bits per heavy atom. The molecule has 0 unspecified atom stereocenters. The van der Waals surface area contributed by atoms with Crippen LogP contribution in [0.25, 0.3) is 11.0 Å². The summed E-state index contributed by atoms with van der Waals surface area (Å²) in [6, 6.07) is 11.4. The number of rotatable bonds is 3. The third-order valence-electron chi connectivity index (χ3n) is 3.47. The lowest BCUT2D eigenvalue weighted by molar-refractivity contribution is 0.0952. The number of aromatic hydroxyl groups is 1. The van der Waals surface area contributed by atoms with Crippen LogP contribution in [0.15, 0.2) is 63.0 Å². The van der Waals surface area contributed by atoms with Crippen molar-refractivity contribution in [2.24, 2.45) is 5.10 Å². The molecule has 1 amide bonds. The molecule has 1 heterocycles. The van der Waals surface area contributed by atoms with Crippen molar-refractivity contribution in [3.05, 3.63) is 75.6 Å². The average molecular weight is 322 g/mol. The lowest BCUT2D eigenvalue weighted by Crippen LogP contribution is -2.18. The van der Waals surface area contributed by atoms with Gasteiger partial charge in [0.1, 0.15) is 17.6 Å². The van der Waals surface area contributed by atoms with Crippen molar-refractivity contribution in [3.8, 4) is 5.75 Å². The number of hydrazone groups is 1. The van der Waals surface area contributed by atoms with E-state index in [4.69, 9.17) is 4.42 Å². The fourth-order valence-corrected chi connectivity index (χ4v) is 2.24. The maximum atomic E-state index is 12.4. The second-order valence-corrected chi connectivity index (χ2v) is 5.24. The van der Waals surface area contributed by atoms with Gasteiger partial charge in [0.25, 0.3) is 5.91 Å². The minimum Gasteiger partial charge on any atom is -0.507 e. The number of hydrogen-bond acceptors (Lipinski definition) is 5. The third-order valence-corrected chi connectivity index (χ3v) is 3.47. The first kappa shape index (κ1) is 15.5. The quantitative estimate of drug-likeness (QED) is 0.572. The van der Waals surface area contributed by atoms with Gasteiger partial charge in [-0.3, -0.25) is 9.59 Å². The molecule has 3 rings (SSSR count). The number of nitrogens with one attached hydrogen (secondary N) is 1. The van der Waals surface area contributed by atoms with E-state index in [1.165, 1.54) is 24.6 Å². The van der Waals surface area contributed by atoms with Crippen molar-refractivity contribution in [3.63, 3.8) is 0 Å². The first-order valence-electron chi connectivity index (χ1n) is 7.20. The summed E-state index contributed by atoms with van der Waals surface area (Å²) in [4.78, 5) is 24.3. The standard InChI is InChI=1S/C18H14N2O4/c1-11-6-7-16-14(8-11)17(22)12(10-24-16)9-19-20-18(23)13-4-2-3-5-15(13)21/h2-10,21H,1H3,(H,20,23)/b19-9+. The molecule has 0 aliphatic carbocycles. The van der Waals surface area contributed by atoms with E-state index in [1.807, 2.05) is 13.0 Å². The first-order chi connectivity index (χ1) is 11.6. The fourth-order valence-electron chi connectivity index (χ4n) is 2.24. The molecular formula is C18H14N2O4. The number of para-hydroxylation sites is 1. The number of phenolic OH excluding ortho intramolecular Hbond substituents is 1. The molecule has 0 spiro atoms. The largest absolute Gasteiger partial charge is 0.507 e. The van der Waals surface area contributed by atoms with E-state index in [-0.39, 0.29) is 22.3 Å². The fraction of sp³-hybridized carbons (Fsp3) is 0.0556. The van der Waals surface area contributed by atoms with E-state index >= 15 is 0 Å². The second kappa shape index (κ2) is 6.37. The summed E-state index contributed by atoms with van der Waals surface area (Å²) in [5.41, 5.74) is 3.76. The Hall–Kier alpha value is -3.41.